The number of oxazole rings is 1. The van der Waals surface area contributed by atoms with Crippen LogP contribution in [0.3, 0.4) is 0 Å². The lowest BCUT2D eigenvalue weighted by Crippen LogP contribution is -2.40. The lowest BCUT2D eigenvalue weighted by atomic mass is 10.1. The van der Waals surface area contributed by atoms with Crippen LogP contribution < -0.4 is 5.32 Å². The van der Waals surface area contributed by atoms with Crippen LogP contribution in [0.2, 0.25) is 0 Å². The van der Waals surface area contributed by atoms with E-state index < -0.39 is 17.9 Å². The van der Waals surface area contributed by atoms with Gasteiger partial charge in [0.25, 0.3) is 5.91 Å². The van der Waals surface area contributed by atoms with Crippen LogP contribution in [0.15, 0.2) is 10.8 Å². The number of amides is 1. The van der Waals surface area contributed by atoms with E-state index in [4.69, 9.17) is 9.52 Å². The maximum atomic E-state index is 11.6. The molecule has 0 spiro atoms. The number of hydrogen-bond acceptors (Lipinski definition) is 4. The van der Waals surface area contributed by atoms with Crippen molar-refractivity contribution < 1.29 is 19.1 Å². The van der Waals surface area contributed by atoms with Gasteiger partial charge in [0.15, 0.2) is 6.39 Å². The van der Waals surface area contributed by atoms with Gasteiger partial charge in [0.1, 0.15) is 6.04 Å². The summed E-state index contributed by atoms with van der Waals surface area (Å²) in [5, 5.41) is 11.2. The van der Waals surface area contributed by atoms with E-state index in [-0.39, 0.29) is 5.76 Å². The molecule has 0 saturated heterocycles. The second-order valence-electron chi connectivity index (χ2n) is 3.42. The van der Waals surface area contributed by atoms with Crippen LogP contribution in [-0.4, -0.2) is 28.0 Å². The van der Waals surface area contributed by atoms with Crippen LogP contribution in [-0.2, 0) is 4.79 Å². The maximum absolute atomic E-state index is 11.6. The first-order chi connectivity index (χ1) is 7.56. The Morgan fingerprint density at radius 1 is 1.62 bits per heavy atom. The number of nitrogens with zero attached hydrogens (tertiary/aromatic N) is 1. The summed E-state index contributed by atoms with van der Waals surface area (Å²) >= 11 is 0. The van der Waals surface area contributed by atoms with Gasteiger partial charge in [-0.25, -0.2) is 9.78 Å². The minimum atomic E-state index is -1.05. The van der Waals surface area contributed by atoms with E-state index in [0.717, 1.165) is 6.39 Å². The molecule has 0 aliphatic rings. The highest BCUT2D eigenvalue weighted by Gasteiger charge is 2.22. The molecule has 0 aliphatic heterocycles. The largest absolute Gasteiger partial charge is 0.480 e. The molecule has 1 atom stereocenters. The molecule has 1 rings (SSSR count). The molecule has 0 aromatic carbocycles. The number of carboxylic acid groups (broad SMARTS) is 1. The van der Waals surface area contributed by atoms with Gasteiger partial charge in [-0.15, -0.1) is 0 Å². The fourth-order valence-electron chi connectivity index (χ4n) is 1.29. The highest BCUT2D eigenvalue weighted by molar-refractivity contribution is 5.94. The van der Waals surface area contributed by atoms with Crippen LogP contribution in [0.5, 0.6) is 0 Å². The van der Waals surface area contributed by atoms with E-state index in [1.54, 1.807) is 6.92 Å². The Bertz CT molecular complexity index is 386. The van der Waals surface area contributed by atoms with Crippen molar-refractivity contribution in [3.05, 3.63) is 17.8 Å². The zero-order chi connectivity index (χ0) is 12.1. The quantitative estimate of drug-likeness (QED) is 0.780. The van der Waals surface area contributed by atoms with E-state index in [1.165, 1.54) is 0 Å². The van der Waals surface area contributed by atoms with Gasteiger partial charge < -0.3 is 14.8 Å². The predicted molar refractivity (Wildman–Crippen MR) is 55.0 cm³/mol. The van der Waals surface area contributed by atoms with Gasteiger partial charge in [0, 0.05) is 0 Å². The summed E-state index contributed by atoms with van der Waals surface area (Å²) in [5.41, 5.74) is 0.443. The standard InChI is InChI=1S/C10H14N2O4/c1-3-4-7(10(14)15)12-9(13)8-6(2)11-5-16-8/h5,7H,3-4H2,1-2H3,(H,12,13)(H,14,15)/t7-/m1/s1. The number of aromatic nitrogens is 1. The third kappa shape index (κ3) is 2.82. The molecule has 0 fully saturated rings. The molecule has 6 nitrogen and oxygen atoms in total. The number of aryl methyl sites for hydroxylation is 1. The van der Waals surface area contributed by atoms with Gasteiger partial charge >= 0.3 is 5.97 Å². The lowest BCUT2D eigenvalue weighted by molar-refractivity contribution is -0.139. The third-order valence-electron chi connectivity index (χ3n) is 2.13. The zero-order valence-corrected chi connectivity index (χ0v) is 9.19. The summed E-state index contributed by atoms with van der Waals surface area (Å²) in [5.74, 6) is -1.54. The van der Waals surface area contributed by atoms with Crippen LogP contribution in [0, 0.1) is 6.92 Å². The summed E-state index contributed by atoms with van der Waals surface area (Å²) in [6, 6.07) is -0.887. The Labute approximate surface area is 92.7 Å². The van der Waals surface area contributed by atoms with Gasteiger partial charge in [-0.05, 0) is 13.3 Å². The number of rotatable bonds is 5. The summed E-state index contributed by atoms with van der Waals surface area (Å²) < 4.78 is 4.87. The van der Waals surface area contributed by atoms with E-state index in [1.807, 2.05) is 6.92 Å². The topological polar surface area (TPSA) is 92.4 Å². The number of nitrogens with one attached hydrogen (secondary N) is 1. The molecule has 1 heterocycles. The Hall–Kier alpha value is -1.85. The lowest BCUT2D eigenvalue weighted by Gasteiger charge is -2.12. The smallest absolute Gasteiger partial charge is 0.326 e. The molecule has 0 saturated carbocycles. The minimum absolute atomic E-state index is 0.0577. The molecule has 6 heteroatoms. The SMILES string of the molecule is CCC[C@@H](NC(=O)c1ocnc1C)C(=O)O. The van der Waals surface area contributed by atoms with Crippen molar-refractivity contribution in [2.45, 2.75) is 32.7 Å². The molecule has 1 aromatic rings. The molecule has 1 aromatic heterocycles. The zero-order valence-electron chi connectivity index (χ0n) is 9.19. The average molecular weight is 226 g/mol. The summed E-state index contributed by atoms with van der Waals surface area (Å²) in [7, 11) is 0. The molecule has 16 heavy (non-hydrogen) atoms. The second-order valence-corrected chi connectivity index (χ2v) is 3.42. The molecule has 0 aliphatic carbocycles. The highest BCUT2D eigenvalue weighted by Crippen LogP contribution is 2.06. The van der Waals surface area contributed by atoms with Crippen LogP contribution in [0.1, 0.15) is 36.0 Å². The predicted octanol–water partition coefficient (Wildman–Crippen LogP) is 0.966. The normalized spacial score (nSPS) is 12.1. The van der Waals surface area contributed by atoms with Crippen molar-refractivity contribution in [1.29, 1.82) is 0 Å². The molecule has 0 bridgehead atoms. The Morgan fingerprint density at radius 3 is 2.75 bits per heavy atom. The van der Waals surface area contributed by atoms with E-state index in [9.17, 15) is 9.59 Å². The van der Waals surface area contributed by atoms with Crippen molar-refractivity contribution in [3.8, 4) is 0 Å². The van der Waals surface area contributed by atoms with Crippen molar-refractivity contribution >= 4 is 11.9 Å². The van der Waals surface area contributed by atoms with Gasteiger partial charge in [-0.3, -0.25) is 4.79 Å². The fourth-order valence-corrected chi connectivity index (χ4v) is 1.29. The summed E-state index contributed by atoms with van der Waals surface area (Å²) in [6.07, 6.45) is 2.21. The van der Waals surface area contributed by atoms with Gasteiger partial charge in [0.05, 0.1) is 5.69 Å². The fraction of sp³-hybridized carbons (Fsp3) is 0.500. The number of carbonyl (C=O) groups excluding carboxylic acids is 1. The molecule has 0 radical (unpaired) electrons. The second kappa shape index (κ2) is 5.29. The molecule has 0 unspecified atom stereocenters. The van der Waals surface area contributed by atoms with Gasteiger partial charge in [-0.1, -0.05) is 13.3 Å². The van der Waals surface area contributed by atoms with Gasteiger partial charge in [-0.2, -0.15) is 0 Å². The molecule has 88 valence electrons. The highest BCUT2D eigenvalue weighted by atomic mass is 16.4. The van der Waals surface area contributed by atoms with Crippen molar-refractivity contribution in [2.24, 2.45) is 0 Å². The molecule has 2 N–H and O–H groups in total. The molecule has 1 amide bonds. The van der Waals surface area contributed by atoms with E-state index in [0.29, 0.717) is 18.5 Å². The minimum Gasteiger partial charge on any atom is -0.480 e. The Kier molecular flexibility index (Phi) is 4.04. The first-order valence-corrected chi connectivity index (χ1v) is 5.00. The van der Waals surface area contributed by atoms with Gasteiger partial charge in [0.2, 0.25) is 5.76 Å². The van der Waals surface area contributed by atoms with Crippen molar-refractivity contribution in [3.63, 3.8) is 0 Å². The first kappa shape index (κ1) is 12.2. The summed E-state index contributed by atoms with van der Waals surface area (Å²) in [6.45, 7) is 3.47. The third-order valence-corrected chi connectivity index (χ3v) is 2.13. The average Bonchev–Trinajstić information content (AvgIpc) is 2.63. The Morgan fingerprint density at radius 2 is 2.31 bits per heavy atom. The Balaban J connectivity index is 2.69. The van der Waals surface area contributed by atoms with E-state index in [2.05, 4.69) is 10.3 Å². The molecular weight excluding hydrogens is 212 g/mol. The number of carboxylic acids is 1. The summed E-state index contributed by atoms with van der Waals surface area (Å²) in [4.78, 5) is 26.2. The number of hydrogen-bond donors (Lipinski definition) is 2. The van der Waals surface area contributed by atoms with Crippen LogP contribution in [0.25, 0.3) is 0 Å². The number of carbonyl (C=O) groups is 2. The molecular formula is C10H14N2O4. The van der Waals surface area contributed by atoms with Crippen LogP contribution >= 0.6 is 0 Å². The number of aliphatic carboxylic acids is 1. The monoisotopic (exact) mass is 226 g/mol. The van der Waals surface area contributed by atoms with E-state index >= 15 is 0 Å². The van der Waals surface area contributed by atoms with Crippen molar-refractivity contribution in [1.82, 2.24) is 10.3 Å². The maximum Gasteiger partial charge on any atom is 0.326 e. The first-order valence-electron chi connectivity index (χ1n) is 5.00. The van der Waals surface area contributed by atoms with Crippen molar-refractivity contribution in [2.75, 3.05) is 0 Å². The van der Waals surface area contributed by atoms with Crippen LogP contribution in [0.4, 0.5) is 0 Å².